The maximum Gasteiger partial charge on any atom is 0.261 e. The van der Waals surface area contributed by atoms with Crippen LogP contribution in [0.15, 0.2) is 30.5 Å². The number of aryl methyl sites for hydroxylation is 1. The predicted molar refractivity (Wildman–Crippen MR) is 114 cm³/mol. The number of nitrogens with zero attached hydrogens (tertiary/aromatic N) is 4. The van der Waals surface area contributed by atoms with Crippen molar-refractivity contribution in [3.63, 3.8) is 0 Å². The highest BCUT2D eigenvalue weighted by atomic mass is 127. The Morgan fingerprint density at radius 1 is 1.18 bits per heavy atom. The summed E-state index contributed by atoms with van der Waals surface area (Å²) in [6.07, 6.45) is 1.69. The van der Waals surface area contributed by atoms with Crippen LogP contribution in [0.4, 0.5) is 0 Å². The number of amides is 2. The van der Waals surface area contributed by atoms with E-state index in [2.05, 4.69) is 37.9 Å². The smallest absolute Gasteiger partial charge is 0.261 e. The van der Waals surface area contributed by atoms with Crippen molar-refractivity contribution in [3.05, 3.63) is 45.2 Å². The van der Waals surface area contributed by atoms with Crippen molar-refractivity contribution in [3.8, 4) is 5.88 Å². The molecule has 28 heavy (non-hydrogen) atoms. The zero-order valence-electron chi connectivity index (χ0n) is 16.0. The lowest BCUT2D eigenvalue weighted by Crippen LogP contribution is -2.50. The second kappa shape index (κ2) is 9.37. The van der Waals surface area contributed by atoms with Gasteiger partial charge in [-0.15, -0.1) is 5.10 Å². The highest BCUT2D eigenvalue weighted by Crippen LogP contribution is 2.18. The van der Waals surface area contributed by atoms with Crippen LogP contribution in [-0.2, 0) is 7.05 Å². The molecule has 1 N–H and O–H groups in total. The van der Waals surface area contributed by atoms with Gasteiger partial charge in [0.25, 0.3) is 11.8 Å². The number of hydrogen-bond donors (Lipinski definition) is 1. The second-order valence-corrected chi connectivity index (χ2v) is 7.76. The van der Waals surface area contributed by atoms with E-state index in [9.17, 15) is 9.59 Å². The average molecular weight is 497 g/mol. The molecule has 2 aromatic rings. The van der Waals surface area contributed by atoms with Crippen LogP contribution in [-0.4, -0.2) is 77.8 Å². The maximum absolute atomic E-state index is 12.7. The summed E-state index contributed by atoms with van der Waals surface area (Å²) in [5.41, 5.74) is 1.19. The number of rotatable bonds is 6. The van der Waals surface area contributed by atoms with Crippen LogP contribution in [0, 0.1) is 3.57 Å². The molecular formula is C19H24IN5O3. The maximum atomic E-state index is 12.7. The molecule has 0 spiro atoms. The zero-order chi connectivity index (χ0) is 20.1. The van der Waals surface area contributed by atoms with E-state index in [0.29, 0.717) is 36.6 Å². The van der Waals surface area contributed by atoms with Gasteiger partial charge in [-0.25, -0.2) is 0 Å². The van der Waals surface area contributed by atoms with Gasteiger partial charge in [-0.1, -0.05) is 12.1 Å². The number of carbonyl (C=O) groups excluding carboxylic acids is 2. The normalized spacial score (nSPS) is 14.8. The number of piperazine rings is 1. The Hall–Kier alpha value is -2.14. The Labute approximate surface area is 178 Å². The first-order chi connectivity index (χ1) is 13.5. The van der Waals surface area contributed by atoms with E-state index in [4.69, 9.17) is 4.74 Å². The number of carbonyl (C=O) groups is 2. The average Bonchev–Trinajstić information content (AvgIpc) is 3.09. The molecule has 1 aliphatic rings. The van der Waals surface area contributed by atoms with Crippen LogP contribution >= 0.6 is 22.6 Å². The Kier molecular flexibility index (Phi) is 6.89. The number of ether oxygens (including phenoxy) is 1. The first kappa shape index (κ1) is 20.6. The molecule has 1 aromatic carbocycles. The molecule has 0 saturated carbocycles. The molecule has 0 atom stereocenters. The Morgan fingerprint density at radius 2 is 1.89 bits per heavy atom. The lowest BCUT2D eigenvalue weighted by atomic mass is 10.2. The lowest BCUT2D eigenvalue weighted by Gasteiger charge is -2.34. The standard InChI is InChI=1S/C19H24IN5O3/c1-23-13-15(18(22-23)28-2)19(27)25-11-9-24(10-12-25)8-7-21-17(26)14-5-3-4-6-16(14)20/h3-6,13H,7-12H2,1-2H3,(H,21,26). The minimum atomic E-state index is -0.0587. The molecule has 2 heterocycles. The van der Waals surface area contributed by atoms with Crippen LogP contribution in [0.25, 0.3) is 0 Å². The summed E-state index contributed by atoms with van der Waals surface area (Å²) in [6, 6.07) is 7.53. The molecule has 0 unspecified atom stereocenters. The Morgan fingerprint density at radius 3 is 2.57 bits per heavy atom. The number of hydrogen-bond acceptors (Lipinski definition) is 5. The fourth-order valence-corrected chi connectivity index (χ4v) is 3.81. The monoisotopic (exact) mass is 497 g/mol. The third kappa shape index (κ3) is 4.82. The number of halogens is 1. The third-order valence-corrected chi connectivity index (χ3v) is 5.65. The first-order valence-electron chi connectivity index (χ1n) is 9.11. The quantitative estimate of drug-likeness (QED) is 0.608. The molecule has 1 saturated heterocycles. The van der Waals surface area contributed by atoms with Crippen molar-refractivity contribution < 1.29 is 14.3 Å². The van der Waals surface area contributed by atoms with Crippen LogP contribution in [0.5, 0.6) is 5.88 Å². The van der Waals surface area contributed by atoms with Gasteiger partial charge < -0.3 is 15.0 Å². The molecule has 8 nitrogen and oxygen atoms in total. The fourth-order valence-electron chi connectivity index (χ4n) is 3.18. The lowest BCUT2D eigenvalue weighted by molar-refractivity contribution is 0.0634. The summed E-state index contributed by atoms with van der Waals surface area (Å²) in [7, 11) is 3.28. The first-order valence-corrected chi connectivity index (χ1v) is 10.2. The number of aromatic nitrogens is 2. The van der Waals surface area contributed by atoms with E-state index in [1.165, 1.54) is 7.11 Å². The van der Waals surface area contributed by atoms with Crippen LogP contribution in [0.1, 0.15) is 20.7 Å². The van der Waals surface area contributed by atoms with Gasteiger partial charge in [-0.2, -0.15) is 0 Å². The highest BCUT2D eigenvalue weighted by molar-refractivity contribution is 14.1. The molecule has 1 aromatic heterocycles. The summed E-state index contributed by atoms with van der Waals surface area (Å²) in [6.45, 7) is 4.16. The molecule has 150 valence electrons. The van der Waals surface area contributed by atoms with E-state index in [1.54, 1.807) is 17.9 Å². The topological polar surface area (TPSA) is 79.7 Å². The molecule has 2 amide bonds. The van der Waals surface area contributed by atoms with E-state index < -0.39 is 0 Å². The van der Waals surface area contributed by atoms with Crippen LogP contribution in [0.3, 0.4) is 0 Å². The van der Waals surface area contributed by atoms with E-state index in [-0.39, 0.29) is 11.8 Å². The van der Waals surface area contributed by atoms with Gasteiger partial charge in [-0.3, -0.25) is 19.2 Å². The molecule has 1 fully saturated rings. The molecule has 0 aliphatic carbocycles. The summed E-state index contributed by atoms with van der Waals surface area (Å²) >= 11 is 2.17. The van der Waals surface area contributed by atoms with Crippen molar-refractivity contribution in [2.45, 2.75) is 0 Å². The minimum absolute atomic E-state index is 0.0533. The Balaban J connectivity index is 1.45. The fraction of sp³-hybridized carbons (Fsp3) is 0.421. The molecule has 9 heteroatoms. The van der Waals surface area contributed by atoms with Gasteiger partial charge >= 0.3 is 0 Å². The molecular weight excluding hydrogens is 473 g/mol. The van der Waals surface area contributed by atoms with Gasteiger partial charge in [-0.05, 0) is 34.7 Å². The number of nitrogens with one attached hydrogen (secondary N) is 1. The van der Waals surface area contributed by atoms with Gasteiger partial charge in [0.15, 0.2) is 0 Å². The van der Waals surface area contributed by atoms with Gasteiger partial charge in [0.2, 0.25) is 5.88 Å². The summed E-state index contributed by atoms with van der Waals surface area (Å²) < 4.78 is 7.71. The van der Waals surface area contributed by atoms with Gasteiger partial charge in [0.1, 0.15) is 5.56 Å². The second-order valence-electron chi connectivity index (χ2n) is 6.60. The SMILES string of the molecule is COc1nn(C)cc1C(=O)N1CCN(CCNC(=O)c2ccccc2I)CC1. The molecule has 3 rings (SSSR count). The zero-order valence-corrected chi connectivity index (χ0v) is 18.2. The van der Waals surface area contributed by atoms with Crippen molar-refractivity contribution >= 4 is 34.4 Å². The van der Waals surface area contributed by atoms with Gasteiger partial charge in [0.05, 0.1) is 12.7 Å². The summed E-state index contributed by atoms with van der Waals surface area (Å²) in [4.78, 5) is 29.0. The minimum Gasteiger partial charge on any atom is -0.479 e. The van der Waals surface area contributed by atoms with Crippen molar-refractivity contribution in [1.29, 1.82) is 0 Å². The predicted octanol–water partition coefficient (Wildman–Crippen LogP) is 1.22. The number of benzene rings is 1. The van der Waals surface area contributed by atoms with Crippen molar-refractivity contribution in [2.24, 2.45) is 7.05 Å². The van der Waals surface area contributed by atoms with E-state index in [0.717, 1.165) is 23.2 Å². The molecule has 0 radical (unpaired) electrons. The van der Waals surface area contributed by atoms with Crippen LogP contribution in [0.2, 0.25) is 0 Å². The molecule has 0 bridgehead atoms. The highest BCUT2D eigenvalue weighted by Gasteiger charge is 2.26. The summed E-state index contributed by atoms with van der Waals surface area (Å²) in [5.74, 6) is 0.243. The van der Waals surface area contributed by atoms with Crippen molar-refractivity contribution in [2.75, 3.05) is 46.4 Å². The number of methoxy groups -OCH3 is 1. The summed E-state index contributed by atoms with van der Waals surface area (Å²) in [5, 5.41) is 7.12. The molecule has 1 aliphatic heterocycles. The third-order valence-electron chi connectivity index (χ3n) is 4.71. The van der Waals surface area contributed by atoms with E-state index >= 15 is 0 Å². The van der Waals surface area contributed by atoms with Crippen LogP contribution < -0.4 is 10.1 Å². The van der Waals surface area contributed by atoms with Crippen molar-refractivity contribution in [1.82, 2.24) is 24.9 Å². The Bertz CT molecular complexity index is 846. The largest absolute Gasteiger partial charge is 0.479 e. The van der Waals surface area contributed by atoms with Gasteiger partial charge in [0, 0.05) is 56.1 Å². The van der Waals surface area contributed by atoms with E-state index in [1.807, 2.05) is 29.2 Å².